The number of nitrogens with one attached hydrogen (secondary N) is 2. The first-order valence-electron chi connectivity index (χ1n) is 8.23. The first-order valence-corrected chi connectivity index (χ1v) is 8.23. The van der Waals surface area contributed by atoms with Crippen LogP contribution in [0.4, 0.5) is 0 Å². The number of rotatable bonds is 3. The van der Waals surface area contributed by atoms with Crippen molar-refractivity contribution in [1.29, 1.82) is 0 Å². The second-order valence-electron chi connectivity index (χ2n) is 5.91. The number of benzene rings is 2. The summed E-state index contributed by atoms with van der Waals surface area (Å²) in [5.74, 6) is 0.149. The second kappa shape index (κ2) is 6.80. The van der Waals surface area contributed by atoms with Gasteiger partial charge >= 0.3 is 0 Å². The van der Waals surface area contributed by atoms with Gasteiger partial charge in [-0.3, -0.25) is 20.4 Å². The molecule has 7 nitrogen and oxygen atoms in total. The maximum atomic E-state index is 12.4. The van der Waals surface area contributed by atoms with Gasteiger partial charge in [-0.25, -0.2) is 0 Å². The van der Waals surface area contributed by atoms with Crippen LogP contribution in [0.2, 0.25) is 0 Å². The van der Waals surface area contributed by atoms with Gasteiger partial charge in [0.05, 0.1) is 17.2 Å². The first kappa shape index (κ1) is 16.6. The number of hydrogen-bond acceptors (Lipinski definition) is 5. The Kier molecular flexibility index (Phi) is 4.18. The van der Waals surface area contributed by atoms with Gasteiger partial charge in [0.25, 0.3) is 11.8 Å². The fraction of sp³-hybridized carbons (Fsp3) is 0.0500. The van der Waals surface area contributed by atoms with Crippen molar-refractivity contribution in [3.8, 4) is 11.3 Å². The summed E-state index contributed by atoms with van der Waals surface area (Å²) in [5.41, 5.74) is 7.00. The SMILES string of the molecule is Cc1occc1C(=O)NNC(=O)c1ccc2noc(-c3ccccc3)c2c1. The molecule has 27 heavy (non-hydrogen) atoms. The van der Waals surface area contributed by atoms with E-state index in [4.69, 9.17) is 8.94 Å². The fourth-order valence-corrected chi connectivity index (χ4v) is 2.75. The topological polar surface area (TPSA) is 97.4 Å². The summed E-state index contributed by atoms with van der Waals surface area (Å²) < 4.78 is 10.5. The van der Waals surface area contributed by atoms with Crippen LogP contribution in [0.15, 0.2) is 69.8 Å². The van der Waals surface area contributed by atoms with E-state index in [2.05, 4.69) is 16.0 Å². The molecule has 0 aliphatic carbocycles. The van der Waals surface area contributed by atoms with E-state index < -0.39 is 11.8 Å². The van der Waals surface area contributed by atoms with Gasteiger partial charge in [-0.2, -0.15) is 0 Å². The molecule has 0 fully saturated rings. The Labute approximate surface area is 153 Å². The molecule has 4 aromatic rings. The highest BCUT2D eigenvalue weighted by molar-refractivity contribution is 6.02. The Bertz CT molecular complexity index is 1130. The van der Waals surface area contributed by atoms with Crippen LogP contribution in [0.1, 0.15) is 26.5 Å². The van der Waals surface area contributed by atoms with Crippen molar-refractivity contribution in [3.63, 3.8) is 0 Å². The lowest BCUT2D eigenvalue weighted by Crippen LogP contribution is -2.41. The van der Waals surface area contributed by atoms with E-state index in [1.807, 2.05) is 30.3 Å². The zero-order valence-electron chi connectivity index (χ0n) is 14.4. The van der Waals surface area contributed by atoms with E-state index in [0.717, 1.165) is 5.56 Å². The molecule has 0 atom stereocenters. The summed E-state index contributed by atoms with van der Waals surface area (Å²) in [7, 11) is 0. The molecule has 0 unspecified atom stereocenters. The van der Waals surface area contributed by atoms with E-state index in [1.165, 1.54) is 12.3 Å². The molecule has 2 heterocycles. The number of amides is 2. The molecule has 2 aromatic carbocycles. The monoisotopic (exact) mass is 361 g/mol. The molecule has 0 spiro atoms. The molecule has 0 saturated heterocycles. The molecule has 4 rings (SSSR count). The Morgan fingerprint density at radius 3 is 2.48 bits per heavy atom. The third-order valence-corrected chi connectivity index (χ3v) is 4.17. The van der Waals surface area contributed by atoms with Gasteiger partial charge in [-0.15, -0.1) is 0 Å². The summed E-state index contributed by atoms with van der Waals surface area (Å²) >= 11 is 0. The predicted molar refractivity (Wildman–Crippen MR) is 97.8 cm³/mol. The molecule has 0 aliphatic heterocycles. The van der Waals surface area contributed by atoms with Gasteiger partial charge in [-0.1, -0.05) is 35.5 Å². The Morgan fingerprint density at radius 2 is 1.74 bits per heavy atom. The molecular formula is C20H15N3O4. The van der Waals surface area contributed by atoms with Gasteiger partial charge in [0.15, 0.2) is 5.76 Å². The van der Waals surface area contributed by atoms with Crippen molar-refractivity contribution < 1.29 is 18.5 Å². The zero-order chi connectivity index (χ0) is 18.8. The van der Waals surface area contributed by atoms with Crippen LogP contribution in [0.5, 0.6) is 0 Å². The van der Waals surface area contributed by atoms with Crippen LogP contribution in [0.25, 0.3) is 22.2 Å². The largest absolute Gasteiger partial charge is 0.469 e. The minimum atomic E-state index is -0.453. The lowest BCUT2D eigenvalue weighted by Gasteiger charge is -2.07. The van der Waals surface area contributed by atoms with E-state index in [0.29, 0.717) is 33.6 Å². The molecule has 0 aliphatic rings. The number of fused-ring (bicyclic) bond motifs is 1. The first-order chi connectivity index (χ1) is 13.1. The highest BCUT2D eigenvalue weighted by atomic mass is 16.5. The molecule has 0 bridgehead atoms. The van der Waals surface area contributed by atoms with E-state index >= 15 is 0 Å². The Morgan fingerprint density at radius 1 is 0.963 bits per heavy atom. The van der Waals surface area contributed by atoms with Gasteiger partial charge in [0.1, 0.15) is 11.3 Å². The lowest BCUT2D eigenvalue weighted by atomic mass is 10.1. The van der Waals surface area contributed by atoms with Crippen LogP contribution >= 0.6 is 0 Å². The van der Waals surface area contributed by atoms with Crippen LogP contribution in [0, 0.1) is 6.92 Å². The number of nitrogens with zero attached hydrogens (tertiary/aromatic N) is 1. The van der Waals surface area contributed by atoms with E-state index in [-0.39, 0.29) is 0 Å². The van der Waals surface area contributed by atoms with Gasteiger partial charge < -0.3 is 8.94 Å². The van der Waals surface area contributed by atoms with Crippen molar-refractivity contribution >= 4 is 22.7 Å². The van der Waals surface area contributed by atoms with Crippen LogP contribution in [0.3, 0.4) is 0 Å². The lowest BCUT2D eigenvalue weighted by molar-refractivity contribution is 0.0846. The molecule has 7 heteroatoms. The number of hydrogen-bond donors (Lipinski definition) is 2. The van der Waals surface area contributed by atoms with Crippen molar-refractivity contribution in [3.05, 3.63) is 77.7 Å². The molecule has 2 aromatic heterocycles. The molecule has 134 valence electrons. The van der Waals surface area contributed by atoms with Crippen molar-refractivity contribution in [2.45, 2.75) is 6.92 Å². The van der Waals surface area contributed by atoms with E-state index in [1.54, 1.807) is 25.1 Å². The summed E-state index contributed by atoms with van der Waals surface area (Å²) in [6.45, 7) is 1.67. The number of carbonyl (C=O) groups is 2. The van der Waals surface area contributed by atoms with Crippen LogP contribution in [-0.4, -0.2) is 17.0 Å². The molecule has 2 amide bonds. The summed E-state index contributed by atoms with van der Waals surface area (Å²) in [5, 5.41) is 4.74. The molecule has 0 radical (unpaired) electrons. The number of furan rings is 1. The van der Waals surface area contributed by atoms with Gasteiger partial charge in [0.2, 0.25) is 0 Å². The number of carbonyl (C=O) groups excluding carboxylic acids is 2. The molecule has 2 N–H and O–H groups in total. The third-order valence-electron chi connectivity index (χ3n) is 4.17. The summed E-state index contributed by atoms with van der Waals surface area (Å²) in [6.07, 6.45) is 1.41. The third kappa shape index (κ3) is 3.18. The summed E-state index contributed by atoms with van der Waals surface area (Å²) in [4.78, 5) is 24.5. The minimum absolute atomic E-state index is 0.358. The quantitative estimate of drug-likeness (QED) is 0.545. The molecular weight excluding hydrogens is 346 g/mol. The van der Waals surface area contributed by atoms with Crippen molar-refractivity contribution in [2.75, 3.05) is 0 Å². The second-order valence-corrected chi connectivity index (χ2v) is 5.91. The number of hydrazine groups is 1. The van der Waals surface area contributed by atoms with Crippen LogP contribution in [-0.2, 0) is 0 Å². The van der Waals surface area contributed by atoms with Gasteiger partial charge in [0, 0.05) is 11.1 Å². The van der Waals surface area contributed by atoms with Gasteiger partial charge in [-0.05, 0) is 31.2 Å². The average molecular weight is 361 g/mol. The minimum Gasteiger partial charge on any atom is -0.469 e. The standard InChI is InChI=1S/C20H15N3O4/c1-12-15(9-10-26-12)20(25)22-21-19(24)14-7-8-17-16(11-14)18(27-23-17)13-5-3-2-4-6-13/h2-11H,1H3,(H,21,24)(H,22,25). The fourth-order valence-electron chi connectivity index (χ4n) is 2.75. The maximum absolute atomic E-state index is 12.4. The van der Waals surface area contributed by atoms with Crippen LogP contribution < -0.4 is 10.9 Å². The smallest absolute Gasteiger partial charge is 0.273 e. The van der Waals surface area contributed by atoms with E-state index in [9.17, 15) is 9.59 Å². The highest BCUT2D eigenvalue weighted by Gasteiger charge is 2.16. The highest BCUT2D eigenvalue weighted by Crippen LogP contribution is 2.29. The summed E-state index contributed by atoms with van der Waals surface area (Å²) in [6, 6.07) is 16.0. The Hall–Kier alpha value is -3.87. The number of aromatic nitrogens is 1. The number of aryl methyl sites for hydroxylation is 1. The van der Waals surface area contributed by atoms with Crippen molar-refractivity contribution in [2.24, 2.45) is 0 Å². The van der Waals surface area contributed by atoms with Crippen molar-refractivity contribution in [1.82, 2.24) is 16.0 Å². The average Bonchev–Trinajstić information content (AvgIpc) is 3.32. The zero-order valence-corrected chi connectivity index (χ0v) is 14.4. The predicted octanol–water partition coefficient (Wildman–Crippen LogP) is 3.47. The maximum Gasteiger partial charge on any atom is 0.273 e. The Balaban J connectivity index is 1.56. The normalized spacial score (nSPS) is 10.7. The molecule has 0 saturated carbocycles.